The van der Waals surface area contributed by atoms with Gasteiger partial charge in [0.15, 0.2) is 28.7 Å². The highest BCUT2D eigenvalue weighted by molar-refractivity contribution is 6.23. The molecular weight excluding hydrogens is 895 g/mol. The van der Waals surface area contributed by atoms with Gasteiger partial charge in [0.2, 0.25) is 5.69 Å². The molecule has 0 aliphatic heterocycles. The minimum Gasteiger partial charge on any atom is -0.423 e. The van der Waals surface area contributed by atoms with Crippen LogP contribution in [0.5, 0.6) is 23.5 Å². The summed E-state index contributed by atoms with van der Waals surface area (Å²) < 4.78 is 50.7. The highest BCUT2D eigenvalue weighted by Crippen LogP contribution is 2.44. The fraction of sp³-hybridized carbons (Fsp3) is 0.120. The third-order valence-electron chi connectivity index (χ3n) is 11.9. The van der Waals surface area contributed by atoms with Crippen molar-refractivity contribution in [2.24, 2.45) is 7.05 Å². The molecule has 0 radical (unpaired) electrons. The van der Waals surface area contributed by atoms with E-state index in [9.17, 15) is 0 Å². The maximum atomic E-state index is 16.8. The Morgan fingerprint density at radius 3 is 2.14 bits per heavy atom. The van der Waals surface area contributed by atoms with Crippen LogP contribution in [0, 0.1) is 57.1 Å². The van der Waals surface area contributed by atoms with Gasteiger partial charge >= 0.3 is 17.7 Å². The van der Waals surface area contributed by atoms with Crippen LogP contribution in [0.4, 0.5) is 20.4 Å². The van der Waals surface area contributed by atoms with E-state index in [-0.39, 0.29) is 59.3 Å². The number of nitrogens with zero attached hydrogens (tertiary/aromatic N) is 14. The molecule has 0 saturated carbocycles. The zero-order valence-electron chi connectivity index (χ0n) is 37.6. The second kappa shape index (κ2) is 16.5. The number of pyridine rings is 5. The van der Waals surface area contributed by atoms with Crippen molar-refractivity contribution in [3.05, 3.63) is 126 Å². The van der Waals surface area contributed by atoms with E-state index in [0.29, 0.717) is 83.6 Å². The Bertz CT molecular complexity index is 4120. The molecule has 20 heteroatoms. The average molecular weight is 930 g/mol. The van der Waals surface area contributed by atoms with Crippen LogP contribution >= 0.6 is 0 Å². The van der Waals surface area contributed by atoms with Crippen molar-refractivity contribution in [1.82, 2.24) is 64.0 Å². The maximum absolute atomic E-state index is 16.8. The molecule has 0 atom stereocenters. The number of aryl methyl sites for hydroxylation is 6. The van der Waals surface area contributed by atoms with Gasteiger partial charge in [0.25, 0.3) is 0 Å². The zero-order chi connectivity index (χ0) is 48.5. The highest BCUT2D eigenvalue weighted by atomic mass is 19.1. The van der Waals surface area contributed by atoms with Gasteiger partial charge in [0, 0.05) is 79.3 Å². The highest BCUT2D eigenvalue weighted by Gasteiger charge is 2.30. The molecule has 0 fully saturated rings. The fourth-order valence-electron chi connectivity index (χ4n) is 8.94. The van der Waals surface area contributed by atoms with E-state index in [1.54, 1.807) is 48.0 Å². The molecule has 0 bridgehead atoms. The van der Waals surface area contributed by atoms with E-state index < -0.39 is 11.6 Å². The van der Waals surface area contributed by atoms with E-state index in [0.717, 1.165) is 11.1 Å². The molecule has 11 heterocycles. The molecule has 11 rings (SSSR count). The molecule has 70 heavy (non-hydrogen) atoms. The van der Waals surface area contributed by atoms with Crippen molar-refractivity contribution in [3.63, 3.8) is 0 Å². The Kier molecular flexibility index (Phi) is 10.1. The third-order valence-corrected chi connectivity index (χ3v) is 11.9. The number of fused-ring (bicyclic) bond motifs is 9. The van der Waals surface area contributed by atoms with Gasteiger partial charge in [-0.15, -0.1) is 12.8 Å². The predicted molar refractivity (Wildman–Crippen MR) is 255 cm³/mol. The molecule has 340 valence electrons. The summed E-state index contributed by atoms with van der Waals surface area (Å²) in [6, 6.07) is 9.37. The number of ether oxygens (including phenoxy) is 2. The molecule has 0 amide bonds. The topological polar surface area (TPSA) is 226 Å². The van der Waals surface area contributed by atoms with Gasteiger partial charge in [-0.25, -0.2) is 53.6 Å². The SMILES string of the molecule is C#Cc1cc(C)c(-c2c(-c3ncc(Oc4nccc(C)n4)cc3F)c3c(N)ncnc3n2CCc2ccnc(Oc3cc(F)c4c5c6c(N)ncnc6n(C)c5c5c(C)cc(C#C)nc5[n+]4c3)n2)cn1. The lowest BCUT2D eigenvalue weighted by molar-refractivity contribution is -0.485. The molecule has 18 nitrogen and oxygen atoms in total. The van der Waals surface area contributed by atoms with Crippen LogP contribution in [0.2, 0.25) is 0 Å². The first-order valence-electron chi connectivity index (χ1n) is 21.4. The Hall–Kier alpha value is -9.82. The fourth-order valence-corrected chi connectivity index (χ4v) is 8.94. The zero-order valence-corrected chi connectivity index (χ0v) is 37.6. The smallest absolute Gasteiger partial charge is 0.339 e. The number of nitrogen functional groups attached to an aromatic ring is 2. The van der Waals surface area contributed by atoms with Gasteiger partial charge in [-0.3, -0.25) is 0 Å². The van der Waals surface area contributed by atoms with Gasteiger partial charge in [-0.1, -0.05) is 5.92 Å². The van der Waals surface area contributed by atoms with E-state index in [4.69, 9.17) is 43.8 Å². The molecule has 0 aromatic carbocycles. The van der Waals surface area contributed by atoms with Gasteiger partial charge in [0.1, 0.15) is 53.2 Å². The quantitative estimate of drug-likeness (QED) is 0.0843. The third kappa shape index (κ3) is 6.97. The first kappa shape index (κ1) is 42.8. The van der Waals surface area contributed by atoms with E-state index in [1.165, 1.54) is 43.4 Å². The van der Waals surface area contributed by atoms with Crippen molar-refractivity contribution >= 4 is 61.2 Å². The normalized spacial score (nSPS) is 11.5. The van der Waals surface area contributed by atoms with E-state index in [1.807, 2.05) is 30.0 Å². The maximum Gasteiger partial charge on any atom is 0.339 e. The van der Waals surface area contributed by atoms with Crippen LogP contribution in [0.1, 0.15) is 33.9 Å². The number of anilines is 2. The molecule has 11 aromatic heterocycles. The first-order chi connectivity index (χ1) is 33.9. The second-order valence-electron chi connectivity index (χ2n) is 16.3. The lowest BCUT2D eigenvalue weighted by Crippen LogP contribution is -2.26. The summed E-state index contributed by atoms with van der Waals surface area (Å²) in [4.78, 5) is 48.9. The van der Waals surface area contributed by atoms with Crippen LogP contribution in [0.15, 0.2) is 80.0 Å². The lowest BCUT2D eigenvalue weighted by atomic mass is 9.99. The number of aromatic nitrogens is 14. The van der Waals surface area contributed by atoms with Crippen molar-refractivity contribution in [1.29, 1.82) is 0 Å². The minimum absolute atomic E-state index is 0.0328. The number of nitrogens with two attached hydrogens (primary N) is 2. The molecule has 0 unspecified atom stereocenters. The molecule has 4 N–H and O–H groups in total. The summed E-state index contributed by atoms with van der Waals surface area (Å²) in [7, 11) is 1.83. The minimum atomic E-state index is -0.726. The number of hydrogen-bond acceptors (Lipinski definition) is 15. The van der Waals surface area contributed by atoms with Crippen molar-refractivity contribution in [2.45, 2.75) is 33.7 Å². The summed E-state index contributed by atoms with van der Waals surface area (Å²) >= 11 is 0. The molecular formula is C50H35F2N16O2+. The Morgan fingerprint density at radius 2 is 1.40 bits per heavy atom. The Balaban J connectivity index is 0.999. The Labute approximate surface area is 395 Å². The van der Waals surface area contributed by atoms with Gasteiger partial charge < -0.3 is 30.1 Å². The van der Waals surface area contributed by atoms with Gasteiger partial charge in [0.05, 0.1) is 39.0 Å². The van der Waals surface area contributed by atoms with Gasteiger partial charge in [-0.2, -0.15) is 9.38 Å². The van der Waals surface area contributed by atoms with Gasteiger partial charge in [-0.05, 0) is 61.0 Å². The molecule has 0 aliphatic rings. The molecule has 11 aromatic rings. The van der Waals surface area contributed by atoms with Crippen molar-refractivity contribution < 1.29 is 22.7 Å². The number of hydrogen-bond donors (Lipinski definition) is 2. The van der Waals surface area contributed by atoms with Crippen LogP contribution in [0.3, 0.4) is 0 Å². The van der Waals surface area contributed by atoms with Crippen LogP contribution in [-0.2, 0) is 20.0 Å². The average Bonchev–Trinajstić information content (AvgIpc) is 3.83. The molecule has 0 saturated heterocycles. The van der Waals surface area contributed by atoms with Crippen molar-refractivity contribution in [3.8, 4) is 70.7 Å². The van der Waals surface area contributed by atoms with Crippen molar-refractivity contribution in [2.75, 3.05) is 11.5 Å². The number of rotatable bonds is 9. The molecule has 0 aliphatic carbocycles. The second-order valence-corrected chi connectivity index (χ2v) is 16.3. The molecule has 0 spiro atoms. The largest absolute Gasteiger partial charge is 0.423 e. The van der Waals surface area contributed by atoms with E-state index >= 15 is 8.78 Å². The van der Waals surface area contributed by atoms with E-state index in [2.05, 4.69) is 56.7 Å². The summed E-state index contributed by atoms with van der Waals surface area (Å²) in [5, 5.41) is 2.03. The summed E-state index contributed by atoms with van der Waals surface area (Å²) in [5.41, 5.74) is 20.0. The van der Waals surface area contributed by atoms with Crippen LogP contribution < -0.4 is 25.3 Å². The number of terminal acetylenes is 2. The monoisotopic (exact) mass is 929 g/mol. The first-order valence-corrected chi connectivity index (χ1v) is 21.4. The van der Waals surface area contributed by atoms with Crippen LogP contribution in [0.25, 0.3) is 72.0 Å². The Morgan fingerprint density at radius 1 is 0.700 bits per heavy atom. The predicted octanol–water partition coefficient (Wildman–Crippen LogP) is 7.01. The summed E-state index contributed by atoms with van der Waals surface area (Å²) in [6.07, 6.45) is 22.2. The lowest BCUT2D eigenvalue weighted by Gasteiger charge is -2.15. The standard InChI is InChI=1S/C50H35F2N16O2/c1-7-27-15-24(3)32(20-57-27)41-36(40-33(51)17-30(19-58-40)69-49-55-12-9-26(5)63-49)38-44(53)60-23-62-47(38)67(41)14-11-29-10-13-56-50(65-29)70-31-18-34(52)42-37-39-45(54)59-22-61-46(39)66(6)43(37)35-25(4)16-28(8-2)64-48(35)68(42)21-31/h1-2,9-10,12-13,15-23H,11,14H2,3-6H3,(H2,53,60,62)(H2,54,59,61)/q+1. The summed E-state index contributed by atoms with van der Waals surface area (Å²) in [5.74, 6) is 4.21. The van der Waals surface area contributed by atoms with Crippen LogP contribution in [-0.4, -0.2) is 64.0 Å². The summed E-state index contributed by atoms with van der Waals surface area (Å²) in [6.45, 7) is 5.77. The number of halogens is 2.